The second kappa shape index (κ2) is 8.67. The van der Waals surface area contributed by atoms with Crippen LogP contribution in [0, 0.1) is 11.7 Å². The van der Waals surface area contributed by atoms with Gasteiger partial charge in [-0.05, 0) is 48.6 Å². The lowest BCUT2D eigenvalue weighted by atomic mass is 10.0. The highest BCUT2D eigenvalue weighted by molar-refractivity contribution is 7.98. The highest BCUT2D eigenvalue weighted by atomic mass is 32.2. The van der Waals surface area contributed by atoms with Gasteiger partial charge in [0.25, 0.3) is 5.91 Å². The first kappa shape index (κ1) is 19.0. The number of carbonyl (C=O) groups is 2. The van der Waals surface area contributed by atoms with Gasteiger partial charge in [-0.3, -0.25) is 9.59 Å². The van der Waals surface area contributed by atoms with E-state index in [1.165, 1.54) is 18.2 Å². The van der Waals surface area contributed by atoms with Crippen LogP contribution in [0.25, 0.3) is 0 Å². The van der Waals surface area contributed by atoms with E-state index in [1.54, 1.807) is 30.0 Å². The van der Waals surface area contributed by atoms with Gasteiger partial charge in [-0.2, -0.15) is 0 Å². The number of halogens is 1. The fraction of sp³-hybridized carbons (Fsp3) is 0.263. The summed E-state index contributed by atoms with van der Waals surface area (Å²) in [4.78, 5) is 25.9. The van der Waals surface area contributed by atoms with Crippen molar-refractivity contribution in [1.82, 2.24) is 5.32 Å². The van der Waals surface area contributed by atoms with Crippen LogP contribution >= 0.6 is 11.8 Å². The third-order valence-corrected chi connectivity index (χ3v) is 4.46. The van der Waals surface area contributed by atoms with Gasteiger partial charge in [0.1, 0.15) is 11.9 Å². The minimum absolute atomic E-state index is 0.0785. The number of anilines is 1. The van der Waals surface area contributed by atoms with Gasteiger partial charge in [0, 0.05) is 10.6 Å². The van der Waals surface area contributed by atoms with Crippen LogP contribution in [-0.4, -0.2) is 24.1 Å². The van der Waals surface area contributed by atoms with E-state index < -0.39 is 17.8 Å². The molecule has 0 aliphatic carbocycles. The van der Waals surface area contributed by atoms with Crippen LogP contribution in [0.15, 0.2) is 53.4 Å². The van der Waals surface area contributed by atoms with Gasteiger partial charge in [0.05, 0.1) is 5.56 Å². The molecule has 4 nitrogen and oxygen atoms in total. The summed E-state index contributed by atoms with van der Waals surface area (Å²) in [6.07, 6.45) is 1.97. The molecule has 0 aromatic heterocycles. The number of hydrogen-bond donors (Lipinski definition) is 2. The summed E-state index contributed by atoms with van der Waals surface area (Å²) >= 11 is 1.61. The Labute approximate surface area is 151 Å². The highest BCUT2D eigenvalue weighted by Crippen LogP contribution is 2.18. The average Bonchev–Trinajstić information content (AvgIpc) is 2.60. The van der Waals surface area contributed by atoms with E-state index in [2.05, 4.69) is 10.6 Å². The molecular formula is C19H21FN2O2S. The van der Waals surface area contributed by atoms with E-state index in [0.29, 0.717) is 5.69 Å². The average molecular weight is 360 g/mol. The largest absolute Gasteiger partial charge is 0.340 e. The minimum atomic E-state index is -0.771. The summed E-state index contributed by atoms with van der Waals surface area (Å²) in [5.41, 5.74) is 0.568. The molecule has 0 heterocycles. The molecule has 2 amide bonds. The van der Waals surface area contributed by atoms with Crippen molar-refractivity contribution in [1.29, 1.82) is 0 Å². The predicted molar refractivity (Wildman–Crippen MR) is 99.3 cm³/mol. The Morgan fingerprint density at radius 2 is 1.68 bits per heavy atom. The summed E-state index contributed by atoms with van der Waals surface area (Å²) < 4.78 is 13.7. The second-order valence-corrected chi connectivity index (χ2v) is 6.77. The standard InChI is InChI=1S/C19H21FN2O2S/c1-12(2)17(22-18(23)15-6-4-5-7-16(15)20)19(24)21-13-8-10-14(25-3)11-9-13/h4-12,17H,1-3H3,(H,21,24)(H,22,23)/t17-/m1/s1. The number of benzene rings is 2. The summed E-state index contributed by atoms with van der Waals surface area (Å²) in [6.45, 7) is 3.64. The van der Waals surface area contributed by atoms with Gasteiger partial charge in [0.2, 0.25) is 5.91 Å². The maximum atomic E-state index is 13.7. The molecule has 0 unspecified atom stereocenters. The molecule has 0 saturated carbocycles. The smallest absolute Gasteiger partial charge is 0.254 e. The Kier molecular flexibility index (Phi) is 6.58. The molecule has 132 valence electrons. The molecule has 0 saturated heterocycles. The molecule has 2 aromatic carbocycles. The SMILES string of the molecule is CSc1ccc(NC(=O)[C@H](NC(=O)c2ccccc2F)C(C)C)cc1. The zero-order chi connectivity index (χ0) is 18.4. The Morgan fingerprint density at radius 1 is 1.04 bits per heavy atom. The molecule has 1 atom stereocenters. The van der Waals surface area contributed by atoms with Crippen molar-refractivity contribution >= 4 is 29.3 Å². The zero-order valence-corrected chi connectivity index (χ0v) is 15.2. The third kappa shape index (κ3) is 5.06. The van der Waals surface area contributed by atoms with E-state index >= 15 is 0 Å². The molecule has 0 spiro atoms. The lowest BCUT2D eigenvalue weighted by Crippen LogP contribution is -2.47. The van der Waals surface area contributed by atoms with E-state index in [-0.39, 0.29) is 17.4 Å². The van der Waals surface area contributed by atoms with Crippen molar-refractivity contribution in [3.05, 3.63) is 59.9 Å². The molecule has 0 radical (unpaired) electrons. The van der Waals surface area contributed by atoms with Crippen LogP contribution in [0.4, 0.5) is 10.1 Å². The van der Waals surface area contributed by atoms with Crippen molar-refractivity contribution in [2.45, 2.75) is 24.8 Å². The Morgan fingerprint density at radius 3 is 2.24 bits per heavy atom. The molecule has 0 fully saturated rings. The Hall–Kier alpha value is -2.34. The first-order valence-electron chi connectivity index (χ1n) is 7.92. The number of hydrogen-bond acceptors (Lipinski definition) is 3. The summed E-state index contributed by atoms with van der Waals surface area (Å²) in [7, 11) is 0. The number of amides is 2. The molecule has 0 bridgehead atoms. The van der Waals surface area contributed by atoms with Gasteiger partial charge in [0.15, 0.2) is 0 Å². The van der Waals surface area contributed by atoms with Crippen LogP contribution in [0.5, 0.6) is 0 Å². The van der Waals surface area contributed by atoms with Crippen LogP contribution in [0.1, 0.15) is 24.2 Å². The summed E-state index contributed by atoms with van der Waals surface area (Å²) in [6, 6.07) is 12.3. The van der Waals surface area contributed by atoms with Crippen LogP contribution in [0.3, 0.4) is 0 Å². The lowest BCUT2D eigenvalue weighted by molar-refractivity contribution is -0.118. The van der Waals surface area contributed by atoms with Crippen molar-refractivity contribution in [2.24, 2.45) is 5.92 Å². The van der Waals surface area contributed by atoms with Crippen LogP contribution in [0.2, 0.25) is 0 Å². The van der Waals surface area contributed by atoms with E-state index in [0.717, 1.165) is 4.90 Å². The minimum Gasteiger partial charge on any atom is -0.340 e. The molecule has 6 heteroatoms. The fourth-order valence-corrected chi connectivity index (χ4v) is 2.70. The Balaban J connectivity index is 2.10. The van der Waals surface area contributed by atoms with Crippen molar-refractivity contribution in [2.75, 3.05) is 11.6 Å². The van der Waals surface area contributed by atoms with E-state index in [9.17, 15) is 14.0 Å². The predicted octanol–water partition coefficient (Wildman–Crippen LogP) is 3.94. The molecule has 2 N–H and O–H groups in total. The second-order valence-electron chi connectivity index (χ2n) is 5.89. The van der Waals surface area contributed by atoms with Gasteiger partial charge < -0.3 is 10.6 Å². The van der Waals surface area contributed by atoms with Crippen molar-refractivity contribution in [3.63, 3.8) is 0 Å². The number of carbonyl (C=O) groups excluding carboxylic acids is 2. The third-order valence-electron chi connectivity index (χ3n) is 3.71. The molecule has 0 aliphatic heterocycles. The van der Waals surface area contributed by atoms with E-state index in [4.69, 9.17) is 0 Å². The number of thioether (sulfide) groups is 1. The molecule has 2 rings (SSSR count). The van der Waals surface area contributed by atoms with Crippen molar-refractivity contribution < 1.29 is 14.0 Å². The molecule has 2 aromatic rings. The summed E-state index contributed by atoms with van der Waals surface area (Å²) in [5, 5.41) is 5.41. The first-order chi connectivity index (χ1) is 11.9. The quantitative estimate of drug-likeness (QED) is 0.767. The molecule has 25 heavy (non-hydrogen) atoms. The van der Waals surface area contributed by atoms with Gasteiger partial charge in [-0.25, -0.2) is 4.39 Å². The molecule has 0 aliphatic rings. The zero-order valence-electron chi connectivity index (χ0n) is 14.4. The maximum Gasteiger partial charge on any atom is 0.254 e. The van der Waals surface area contributed by atoms with Gasteiger partial charge >= 0.3 is 0 Å². The monoisotopic (exact) mass is 360 g/mol. The lowest BCUT2D eigenvalue weighted by Gasteiger charge is -2.22. The van der Waals surface area contributed by atoms with E-state index in [1.807, 2.05) is 32.2 Å². The van der Waals surface area contributed by atoms with Crippen molar-refractivity contribution in [3.8, 4) is 0 Å². The topological polar surface area (TPSA) is 58.2 Å². The van der Waals surface area contributed by atoms with Gasteiger partial charge in [-0.15, -0.1) is 11.8 Å². The normalized spacial score (nSPS) is 11.9. The summed E-state index contributed by atoms with van der Waals surface area (Å²) in [5.74, 6) is -1.71. The Bertz CT molecular complexity index is 747. The van der Waals surface area contributed by atoms with Crippen LogP contribution in [-0.2, 0) is 4.79 Å². The first-order valence-corrected chi connectivity index (χ1v) is 9.15. The highest BCUT2D eigenvalue weighted by Gasteiger charge is 2.25. The number of rotatable bonds is 6. The molecular weight excluding hydrogens is 339 g/mol. The van der Waals surface area contributed by atoms with Gasteiger partial charge in [-0.1, -0.05) is 26.0 Å². The van der Waals surface area contributed by atoms with Crippen LogP contribution < -0.4 is 10.6 Å². The maximum absolute atomic E-state index is 13.7. The number of nitrogens with one attached hydrogen (secondary N) is 2. The fourth-order valence-electron chi connectivity index (χ4n) is 2.29.